The monoisotopic (exact) mass is 550 g/mol. The minimum Gasteiger partial charge on any atom is -0.288 e. The molecule has 0 amide bonds. The van der Waals surface area contributed by atoms with E-state index in [4.69, 9.17) is 23.2 Å². The smallest absolute Gasteiger partial charge is 0.199 e. The van der Waals surface area contributed by atoms with Crippen LogP contribution in [0.2, 0.25) is 10.0 Å². The lowest BCUT2D eigenvalue weighted by Crippen LogP contribution is -2.06. The lowest BCUT2D eigenvalue weighted by molar-refractivity contribution is 0.103. The second kappa shape index (κ2) is 12.2. The van der Waals surface area contributed by atoms with Crippen molar-refractivity contribution in [1.29, 1.82) is 0 Å². The number of carbonyl (C=O) groups is 2. The molecule has 0 aliphatic carbocycles. The minimum absolute atomic E-state index is 0.226. The molecule has 7 heteroatoms. The molecule has 0 radical (unpaired) electrons. The van der Waals surface area contributed by atoms with E-state index in [0.717, 1.165) is 11.8 Å². The second-order valence-corrected chi connectivity index (χ2v) is 9.85. The fourth-order valence-corrected chi connectivity index (χ4v) is 4.61. The minimum atomic E-state index is -0.412. The van der Waals surface area contributed by atoms with Crippen LogP contribution in [0.15, 0.2) is 107 Å². The molecule has 0 atom stereocenters. The Labute approximate surface area is 227 Å². The van der Waals surface area contributed by atoms with Crippen molar-refractivity contribution in [2.24, 2.45) is 0 Å². The molecular formula is C30H18Cl2F2O2S. The highest BCUT2D eigenvalue weighted by atomic mass is 35.5. The molecule has 184 valence electrons. The van der Waals surface area contributed by atoms with E-state index >= 15 is 0 Å². The van der Waals surface area contributed by atoms with Crippen molar-refractivity contribution in [2.45, 2.75) is 0 Å². The predicted octanol–water partition coefficient (Wildman–Crippen LogP) is 9.15. The summed E-state index contributed by atoms with van der Waals surface area (Å²) in [6.45, 7) is 0. The van der Waals surface area contributed by atoms with Crippen LogP contribution in [-0.2, 0) is 0 Å². The van der Waals surface area contributed by atoms with Gasteiger partial charge >= 0.3 is 0 Å². The van der Waals surface area contributed by atoms with Crippen LogP contribution in [0.25, 0.3) is 12.2 Å². The molecular weight excluding hydrogens is 533 g/mol. The van der Waals surface area contributed by atoms with Gasteiger partial charge in [0.25, 0.3) is 0 Å². The summed E-state index contributed by atoms with van der Waals surface area (Å²) >= 11 is 13.0. The summed E-state index contributed by atoms with van der Waals surface area (Å²) in [5.41, 5.74) is 1.88. The third kappa shape index (κ3) is 7.26. The molecule has 4 rings (SSSR count). The number of thioether (sulfide) groups is 1. The van der Waals surface area contributed by atoms with Gasteiger partial charge in [0.05, 0.1) is 9.81 Å². The van der Waals surface area contributed by atoms with Gasteiger partial charge in [-0.1, -0.05) is 59.2 Å². The van der Waals surface area contributed by atoms with Gasteiger partial charge in [-0.3, -0.25) is 9.59 Å². The average Bonchev–Trinajstić information content (AvgIpc) is 2.90. The highest BCUT2D eigenvalue weighted by Gasteiger charge is 2.21. The fourth-order valence-electron chi connectivity index (χ4n) is 3.31. The average molecular weight is 551 g/mol. The highest BCUT2D eigenvalue weighted by Crippen LogP contribution is 2.34. The van der Waals surface area contributed by atoms with Crippen LogP contribution in [0, 0.1) is 11.6 Å². The van der Waals surface area contributed by atoms with Gasteiger partial charge in [0, 0.05) is 21.2 Å². The Morgan fingerprint density at radius 2 is 0.865 bits per heavy atom. The van der Waals surface area contributed by atoms with E-state index in [1.54, 1.807) is 60.7 Å². The molecule has 4 aromatic rings. The Hall–Kier alpha value is -3.51. The van der Waals surface area contributed by atoms with Crippen LogP contribution >= 0.6 is 35.0 Å². The summed E-state index contributed by atoms with van der Waals surface area (Å²) in [6.07, 6.45) is 3.18. The van der Waals surface area contributed by atoms with E-state index in [2.05, 4.69) is 0 Å². The van der Waals surface area contributed by atoms with Crippen LogP contribution in [0.4, 0.5) is 8.78 Å². The second-order valence-electron chi connectivity index (χ2n) is 7.89. The van der Waals surface area contributed by atoms with Crippen molar-refractivity contribution >= 4 is 58.7 Å². The van der Waals surface area contributed by atoms with Crippen molar-refractivity contribution < 1.29 is 18.4 Å². The van der Waals surface area contributed by atoms with Crippen molar-refractivity contribution in [3.05, 3.63) is 151 Å². The van der Waals surface area contributed by atoms with Crippen LogP contribution in [0.5, 0.6) is 0 Å². The molecule has 4 aromatic carbocycles. The van der Waals surface area contributed by atoms with Gasteiger partial charge in [0.15, 0.2) is 11.6 Å². The maximum atomic E-state index is 13.6. The molecule has 0 bridgehead atoms. The van der Waals surface area contributed by atoms with Crippen LogP contribution in [0.3, 0.4) is 0 Å². The lowest BCUT2D eigenvalue weighted by atomic mass is 10.1. The number of carbonyl (C=O) groups excluding carboxylic acids is 2. The van der Waals surface area contributed by atoms with Crippen LogP contribution < -0.4 is 0 Å². The Balaban J connectivity index is 1.80. The van der Waals surface area contributed by atoms with Crippen molar-refractivity contribution in [2.75, 3.05) is 0 Å². The number of Topliss-reactive ketones (excluding diaryl/α,β-unsaturated/α-hetero) is 2. The van der Waals surface area contributed by atoms with Gasteiger partial charge in [-0.25, -0.2) is 8.78 Å². The number of benzene rings is 4. The number of halogens is 4. The number of allylic oxidation sites excluding steroid dienone is 2. The Bertz CT molecular complexity index is 1360. The van der Waals surface area contributed by atoms with Crippen molar-refractivity contribution in [3.63, 3.8) is 0 Å². The fraction of sp³-hybridized carbons (Fsp3) is 0. The first-order valence-electron chi connectivity index (χ1n) is 11.0. The Morgan fingerprint density at radius 3 is 1.19 bits per heavy atom. The summed E-state index contributed by atoms with van der Waals surface area (Å²) in [6, 6.07) is 24.1. The first-order chi connectivity index (χ1) is 17.8. The van der Waals surface area contributed by atoms with E-state index in [1.807, 2.05) is 0 Å². The van der Waals surface area contributed by atoms with Crippen molar-refractivity contribution in [1.82, 2.24) is 0 Å². The Kier molecular flexibility index (Phi) is 8.72. The summed E-state index contributed by atoms with van der Waals surface area (Å²) in [5.74, 6) is -1.52. The van der Waals surface area contributed by atoms with Crippen LogP contribution in [-0.4, -0.2) is 11.6 Å². The molecule has 0 spiro atoms. The summed E-state index contributed by atoms with van der Waals surface area (Å²) in [7, 11) is 0. The summed E-state index contributed by atoms with van der Waals surface area (Å²) in [4.78, 5) is 27.6. The number of hydrogen-bond donors (Lipinski definition) is 0. The largest absolute Gasteiger partial charge is 0.288 e. The molecule has 0 saturated carbocycles. The third-order valence-corrected chi connectivity index (χ3v) is 6.77. The topological polar surface area (TPSA) is 34.1 Å². The molecule has 0 heterocycles. The highest BCUT2D eigenvalue weighted by molar-refractivity contribution is 8.08. The van der Waals surface area contributed by atoms with Gasteiger partial charge in [0.1, 0.15) is 11.6 Å². The molecule has 0 saturated heterocycles. The van der Waals surface area contributed by atoms with Gasteiger partial charge in [-0.2, -0.15) is 0 Å². The van der Waals surface area contributed by atoms with Gasteiger partial charge < -0.3 is 0 Å². The zero-order valence-corrected chi connectivity index (χ0v) is 21.5. The summed E-state index contributed by atoms with van der Waals surface area (Å²) in [5, 5.41) is 0.950. The first-order valence-corrected chi connectivity index (χ1v) is 12.6. The van der Waals surface area contributed by atoms with Gasteiger partial charge in [0.2, 0.25) is 0 Å². The van der Waals surface area contributed by atoms with E-state index in [0.29, 0.717) is 32.3 Å². The zero-order valence-electron chi connectivity index (χ0n) is 19.1. The van der Waals surface area contributed by atoms with Crippen LogP contribution in [0.1, 0.15) is 31.8 Å². The van der Waals surface area contributed by atoms with Gasteiger partial charge in [-0.15, -0.1) is 0 Å². The number of hydrogen-bond acceptors (Lipinski definition) is 3. The number of ketones is 2. The van der Waals surface area contributed by atoms with E-state index in [9.17, 15) is 18.4 Å². The van der Waals surface area contributed by atoms with E-state index in [1.165, 1.54) is 48.5 Å². The zero-order chi connectivity index (χ0) is 26.4. The molecule has 0 aliphatic rings. The standard InChI is InChI=1S/C30H18Cl2F2O2S/c31-23-9-5-21(6-10-23)29(35)27(17-19-1-13-25(33)14-2-19)37-28(18-20-3-15-26(34)16-4-20)30(36)22-7-11-24(32)12-8-22/h1-18H/b27-17-,28-18?. The third-order valence-electron chi connectivity index (χ3n) is 5.22. The quantitative estimate of drug-likeness (QED) is 0.162. The number of rotatable bonds is 8. The first kappa shape index (κ1) is 26.6. The molecule has 0 aromatic heterocycles. The van der Waals surface area contributed by atoms with Crippen molar-refractivity contribution in [3.8, 4) is 0 Å². The molecule has 0 aliphatic heterocycles. The SMILES string of the molecule is O=C(C(=Cc1ccc(F)cc1)S/C(=C\c1ccc(F)cc1)C(=O)c1ccc(Cl)cc1)c1ccc(Cl)cc1. The lowest BCUT2D eigenvalue weighted by Gasteiger charge is -2.11. The Morgan fingerprint density at radius 1 is 0.541 bits per heavy atom. The van der Waals surface area contributed by atoms with E-state index < -0.39 is 11.6 Å². The summed E-state index contributed by atoms with van der Waals surface area (Å²) < 4.78 is 27.0. The molecule has 2 nitrogen and oxygen atoms in total. The van der Waals surface area contributed by atoms with Gasteiger partial charge in [-0.05, 0) is 96.1 Å². The van der Waals surface area contributed by atoms with E-state index in [-0.39, 0.29) is 21.4 Å². The molecule has 0 unspecified atom stereocenters. The predicted molar refractivity (Wildman–Crippen MR) is 148 cm³/mol. The maximum absolute atomic E-state index is 13.6. The maximum Gasteiger partial charge on any atom is 0.199 e. The molecule has 0 fully saturated rings. The molecule has 0 N–H and O–H groups in total. The normalized spacial score (nSPS) is 11.9. The molecule has 37 heavy (non-hydrogen) atoms.